The SMILES string of the molecule is CCOC(C)(O)CCC(=O)O. The number of aliphatic hydroxyl groups is 1. The summed E-state index contributed by atoms with van der Waals surface area (Å²) in [6.07, 6.45) is 0.0448. The molecule has 0 aliphatic heterocycles. The van der Waals surface area contributed by atoms with Gasteiger partial charge in [0.1, 0.15) is 0 Å². The van der Waals surface area contributed by atoms with Gasteiger partial charge >= 0.3 is 5.97 Å². The quantitative estimate of drug-likeness (QED) is 0.581. The highest BCUT2D eigenvalue weighted by Crippen LogP contribution is 2.12. The van der Waals surface area contributed by atoms with E-state index < -0.39 is 11.8 Å². The summed E-state index contributed by atoms with van der Waals surface area (Å²) in [6.45, 7) is 3.58. The zero-order valence-electron chi connectivity index (χ0n) is 6.83. The van der Waals surface area contributed by atoms with Crippen molar-refractivity contribution >= 4 is 5.97 Å². The first-order valence-electron chi connectivity index (χ1n) is 3.56. The molecule has 0 aromatic carbocycles. The van der Waals surface area contributed by atoms with E-state index in [1.54, 1.807) is 6.92 Å². The molecule has 4 heteroatoms. The van der Waals surface area contributed by atoms with Crippen LogP contribution < -0.4 is 0 Å². The van der Waals surface area contributed by atoms with Crippen LogP contribution in [0.1, 0.15) is 26.7 Å². The predicted octanol–water partition coefficient (Wildman–Crippen LogP) is 0.596. The summed E-state index contributed by atoms with van der Waals surface area (Å²) in [4.78, 5) is 10.1. The van der Waals surface area contributed by atoms with Crippen molar-refractivity contribution in [2.45, 2.75) is 32.5 Å². The third kappa shape index (κ3) is 5.82. The molecule has 0 aromatic rings. The van der Waals surface area contributed by atoms with Crippen LogP contribution in [0.25, 0.3) is 0 Å². The van der Waals surface area contributed by atoms with E-state index >= 15 is 0 Å². The van der Waals surface area contributed by atoms with E-state index in [1.165, 1.54) is 6.92 Å². The second kappa shape index (κ2) is 4.31. The number of carboxylic acids is 1. The molecule has 0 aliphatic rings. The summed E-state index contributed by atoms with van der Waals surface area (Å²) < 4.78 is 4.87. The molecule has 0 fully saturated rings. The van der Waals surface area contributed by atoms with Crippen LogP contribution in [0.3, 0.4) is 0 Å². The minimum atomic E-state index is -1.30. The lowest BCUT2D eigenvalue weighted by atomic mass is 10.2. The van der Waals surface area contributed by atoms with E-state index in [4.69, 9.17) is 9.84 Å². The topological polar surface area (TPSA) is 66.8 Å². The van der Waals surface area contributed by atoms with Crippen LogP contribution in [0.2, 0.25) is 0 Å². The highest BCUT2D eigenvalue weighted by atomic mass is 16.6. The van der Waals surface area contributed by atoms with Crippen molar-refractivity contribution in [3.8, 4) is 0 Å². The first-order valence-corrected chi connectivity index (χ1v) is 3.56. The molecule has 4 nitrogen and oxygen atoms in total. The van der Waals surface area contributed by atoms with Crippen LogP contribution in [-0.4, -0.2) is 28.6 Å². The van der Waals surface area contributed by atoms with Gasteiger partial charge in [0.05, 0.1) is 6.42 Å². The molecule has 0 heterocycles. The Morgan fingerprint density at radius 1 is 1.64 bits per heavy atom. The summed E-state index contributed by atoms with van der Waals surface area (Å²) in [5.41, 5.74) is 0. The second-order valence-electron chi connectivity index (χ2n) is 2.50. The second-order valence-corrected chi connectivity index (χ2v) is 2.50. The van der Waals surface area contributed by atoms with Crippen LogP contribution in [0, 0.1) is 0 Å². The third-order valence-electron chi connectivity index (χ3n) is 1.26. The standard InChI is InChI=1S/C7H14O4/c1-3-11-7(2,10)5-4-6(8)9/h10H,3-5H2,1-2H3,(H,8,9). The average molecular weight is 162 g/mol. The zero-order chi connectivity index (χ0) is 8.91. The summed E-state index contributed by atoms with van der Waals surface area (Å²) in [6, 6.07) is 0. The Kier molecular flexibility index (Phi) is 4.07. The van der Waals surface area contributed by atoms with E-state index in [0.29, 0.717) is 6.61 Å². The highest BCUT2D eigenvalue weighted by Gasteiger charge is 2.20. The van der Waals surface area contributed by atoms with Gasteiger partial charge in [-0.25, -0.2) is 0 Å². The molecule has 0 saturated carbocycles. The average Bonchev–Trinajstić information content (AvgIpc) is 1.84. The van der Waals surface area contributed by atoms with Crippen molar-refractivity contribution < 1.29 is 19.7 Å². The molecule has 0 rings (SSSR count). The Hall–Kier alpha value is -0.610. The minimum absolute atomic E-state index is 0.0764. The van der Waals surface area contributed by atoms with Crippen LogP contribution in [0.15, 0.2) is 0 Å². The fraction of sp³-hybridized carbons (Fsp3) is 0.857. The van der Waals surface area contributed by atoms with Gasteiger partial charge in [-0.1, -0.05) is 0 Å². The van der Waals surface area contributed by atoms with Crippen molar-refractivity contribution in [2.75, 3.05) is 6.61 Å². The number of rotatable bonds is 5. The predicted molar refractivity (Wildman–Crippen MR) is 39.1 cm³/mol. The lowest BCUT2D eigenvalue weighted by molar-refractivity contribution is -0.193. The molecular weight excluding hydrogens is 148 g/mol. The lowest BCUT2D eigenvalue weighted by Gasteiger charge is -2.21. The summed E-state index contributed by atoms with van der Waals surface area (Å²) in [5.74, 6) is -2.22. The Morgan fingerprint density at radius 2 is 2.18 bits per heavy atom. The van der Waals surface area contributed by atoms with Gasteiger partial charge in [0, 0.05) is 13.0 Å². The maximum Gasteiger partial charge on any atom is 0.303 e. The van der Waals surface area contributed by atoms with Gasteiger partial charge in [-0.05, 0) is 13.8 Å². The molecule has 0 aliphatic carbocycles. The Bertz CT molecular complexity index is 130. The molecule has 1 unspecified atom stereocenters. The molecule has 1 atom stereocenters. The van der Waals surface area contributed by atoms with Gasteiger partial charge in [0.25, 0.3) is 0 Å². The van der Waals surface area contributed by atoms with E-state index in [0.717, 1.165) is 0 Å². The Morgan fingerprint density at radius 3 is 2.55 bits per heavy atom. The van der Waals surface area contributed by atoms with Gasteiger partial charge in [-0.15, -0.1) is 0 Å². The first-order chi connectivity index (χ1) is 4.98. The maximum absolute atomic E-state index is 10.1. The third-order valence-corrected chi connectivity index (χ3v) is 1.26. The number of carbonyl (C=O) groups is 1. The van der Waals surface area contributed by atoms with Crippen molar-refractivity contribution in [1.82, 2.24) is 0 Å². The van der Waals surface area contributed by atoms with Gasteiger partial charge in [0.15, 0.2) is 5.79 Å². The van der Waals surface area contributed by atoms with Crippen LogP contribution in [-0.2, 0) is 9.53 Å². The molecule has 0 radical (unpaired) electrons. The molecule has 0 aromatic heterocycles. The van der Waals surface area contributed by atoms with Crippen molar-refractivity contribution in [1.29, 1.82) is 0 Å². The number of hydrogen-bond acceptors (Lipinski definition) is 3. The first kappa shape index (κ1) is 10.4. The molecule has 11 heavy (non-hydrogen) atoms. The molecule has 0 amide bonds. The van der Waals surface area contributed by atoms with Crippen LogP contribution >= 0.6 is 0 Å². The fourth-order valence-electron chi connectivity index (χ4n) is 0.722. The smallest absolute Gasteiger partial charge is 0.303 e. The maximum atomic E-state index is 10.1. The van der Waals surface area contributed by atoms with E-state index in [1.807, 2.05) is 0 Å². The molecule has 0 saturated heterocycles. The summed E-state index contributed by atoms with van der Waals surface area (Å²) in [5, 5.41) is 17.6. The number of carboxylic acid groups (broad SMARTS) is 1. The van der Waals surface area contributed by atoms with Gasteiger partial charge < -0.3 is 14.9 Å². The lowest BCUT2D eigenvalue weighted by Crippen LogP contribution is -2.28. The number of hydrogen-bond donors (Lipinski definition) is 2. The zero-order valence-corrected chi connectivity index (χ0v) is 6.83. The van der Waals surface area contributed by atoms with Crippen LogP contribution in [0.4, 0.5) is 0 Å². The van der Waals surface area contributed by atoms with E-state index in [9.17, 15) is 9.90 Å². The van der Waals surface area contributed by atoms with Crippen molar-refractivity contribution in [3.05, 3.63) is 0 Å². The Labute approximate surface area is 65.8 Å². The van der Waals surface area contributed by atoms with Crippen molar-refractivity contribution in [2.24, 2.45) is 0 Å². The summed E-state index contributed by atoms with van der Waals surface area (Å²) >= 11 is 0. The van der Waals surface area contributed by atoms with E-state index in [2.05, 4.69) is 0 Å². The van der Waals surface area contributed by atoms with Crippen molar-refractivity contribution in [3.63, 3.8) is 0 Å². The number of ether oxygens (including phenoxy) is 1. The molecule has 66 valence electrons. The molecule has 0 bridgehead atoms. The molecule has 0 spiro atoms. The molecular formula is C7H14O4. The van der Waals surface area contributed by atoms with E-state index in [-0.39, 0.29) is 12.8 Å². The fourth-order valence-corrected chi connectivity index (χ4v) is 0.722. The summed E-state index contributed by atoms with van der Waals surface area (Å²) in [7, 11) is 0. The Balaban J connectivity index is 3.63. The minimum Gasteiger partial charge on any atom is -0.481 e. The van der Waals surface area contributed by atoms with Gasteiger partial charge in [-0.2, -0.15) is 0 Å². The largest absolute Gasteiger partial charge is 0.481 e. The normalized spacial score (nSPS) is 15.9. The molecule has 2 N–H and O–H groups in total. The van der Waals surface area contributed by atoms with Crippen LogP contribution in [0.5, 0.6) is 0 Å². The highest BCUT2D eigenvalue weighted by molar-refractivity contribution is 5.66. The van der Waals surface area contributed by atoms with Gasteiger partial charge in [-0.3, -0.25) is 4.79 Å². The van der Waals surface area contributed by atoms with Gasteiger partial charge in [0.2, 0.25) is 0 Å². The monoisotopic (exact) mass is 162 g/mol. The number of aliphatic carboxylic acids is 1.